The van der Waals surface area contributed by atoms with Gasteiger partial charge in [0, 0.05) is 18.0 Å². The number of carbonyl (C=O) groups is 1. The molecule has 3 nitrogen and oxygen atoms in total. The molecule has 0 saturated heterocycles. The molecule has 0 atom stereocenters. The number of hydrogen-bond donors (Lipinski definition) is 2. The summed E-state index contributed by atoms with van der Waals surface area (Å²) in [6.45, 7) is 0.661. The van der Waals surface area contributed by atoms with Gasteiger partial charge in [0.2, 0.25) is 0 Å². The molecule has 0 radical (unpaired) electrons. The number of alkyl halides is 1. The molecule has 1 aromatic carbocycles. The molecule has 0 aliphatic heterocycles. The molecule has 18 heavy (non-hydrogen) atoms. The molecule has 0 fully saturated rings. The number of benzene rings is 1. The van der Waals surface area contributed by atoms with Crippen LogP contribution in [0.4, 0.5) is 0 Å². The first kappa shape index (κ1) is 15.6. The first-order valence-corrected chi connectivity index (χ1v) is 7.59. The number of amides is 1. The van der Waals surface area contributed by atoms with Crippen molar-refractivity contribution < 1.29 is 9.90 Å². The predicted octanol–water partition coefficient (Wildman–Crippen LogP) is 3.53. The quantitative estimate of drug-likeness (QED) is 0.431. The number of phenolic OH excluding ortho intramolecular Hbond substituents is 1. The Hall–Kier alpha value is -0.490. The van der Waals surface area contributed by atoms with E-state index in [1.54, 1.807) is 12.1 Å². The molecule has 0 aliphatic rings. The van der Waals surface area contributed by atoms with Gasteiger partial charge in [0.15, 0.2) is 0 Å². The monoisotopic (exact) mass is 381 g/mol. The van der Waals surface area contributed by atoms with Crippen LogP contribution in [0.3, 0.4) is 0 Å². The maximum Gasteiger partial charge on any atom is 0.251 e. The van der Waals surface area contributed by atoms with E-state index in [2.05, 4.69) is 5.32 Å². The highest BCUT2D eigenvalue weighted by atomic mass is 127. The summed E-state index contributed by atoms with van der Waals surface area (Å²) in [7, 11) is 0. The third-order valence-electron chi connectivity index (χ3n) is 2.55. The lowest BCUT2D eigenvalue weighted by Gasteiger charge is -2.06. The number of nitrogens with one attached hydrogen (secondary N) is 1. The second-order valence-corrected chi connectivity index (χ2v) is 5.57. The van der Waals surface area contributed by atoms with Crippen molar-refractivity contribution >= 4 is 40.1 Å². The van der Waals surface area contributed by atoms with E-state index in [0.29, 0.717) is 18.0 Å². The third kappa shape index (κ3) is 5.44. The van der Waals surface area contributed by atoms with Gasteiger partial charge in [-0.15, -0.1) is 11.6 Å². The first-order chi connectivity index (χ1) is 8.65. The van der Waals surface area contributed by atoms with Crippen molar-refractivity contribution in [3.05, 3.63) is 27.3 Å². The lowest BCUT2D eigenvalue weighted by Crippen LogP contribution is -2.24. The first-order valence-electron chi connectivity index (χ1n) is 5.98. The van der Waals surface area contributed by atoms with Gasteiger partial charge in [0.1, 0.15) is 5.75 Å². The van der Waals surface area contributed by atoms with Crippen molar-refractivity contribution in [1.29, 1.82) is 0 Å². The van der Waals surface area contributed by atoms with Crippen LogP contribution in [0, 0.1) is 3.57 Å². The normalized spacial score (nSPS) is 10.3. The van der Waals surface area contributed by atoms with Crippen LogP contribution in [0.5, 0.6) is 5.75 Å². The number of carbonyl (C=O) groups excluding carboxylic acids is 1. The van der Waals surface area contributed by atoms with Crippen molar-refractivity contribution in [3.8, 4) is 5.75 Å². The Bertz CT molecular complexity index is 399. The maximum atomic E-state index is 11.8. The Morgan fingerprint density at radius 1 is 1.28 bits per heavy atom. The molecule has 1 amide bonds. The number of hydrogen-bond acceptors (Lipinski definition) is 2. The Morgan fingerprint density at radius 3 is 2.67 bits per heavy atom. The van der Waals surface area contributed by atoms with E-state index in [9.17, 15) is 9.90 Å². The molecule has 0 aromatic heterocycles. The highest BCUT2D eigenvalue weighted by Crippen LogP contribution is 2.20. The van der Waals surface area contributed by atoms with Crippen molar-refractivity contribution in [2.75, 3.05) is 12.4 Å². The van der Waals surface area contributed by atoms with E-state index < -0.39 is 0 Å². The summed E-state index contributed by atoms with van der Waals surface area (Å²) in [6.07, 6.45) is 4.16. The zero-order valence-electron chi connectivity index (χ0n) is 10.1. The number of halogens is 2. The Kier molecular flexibility index (Phi) is 7.42. The van der Waals surface area contributed by atoms with E-state index in [-0.39, 0.29) is 11.7 Å². The van der Waals surface area contributed by atoms with E-state index in [0.717, 1.165) is 29.3 Å². The van der Waals surface area contributed by atoms with Crippen LogP contribution < -0.4 is 5.32 Å². The summed E-state index contributed by atoms with van der Waals surface area (Å²) in [5.74, 6) is 0.707. The molecule has 0 bridgehead atoms. The van der Waals surface area contributed by atoms with Gasteiger partial charge in [-0.2, -0.15) is 0 Å². The largest absolute Gasteiger partial charge is 0.507 e. The molecule has 0 heterocycles. The van der Waals surface area contributed by atoms with Crippen LogP contribution >= 0.6 is 34.2 Å². The Balaban J connectivity index is 2.30. The zero-order valence-corrected chi connectivity index (χ0v) is 13.0. The number of phenols is 1. The zero-order chi connectivity index (χ0) is 13.4. The van der Waals surface area contributed by atoms with E-state index >= 15 is 0 Å². The molecule has 0 aliphatic carbocycles. The van der Waals surface area contributed by atoms with Gasteiger partial charge >= 0.3 is 0 Å². The van der Waals surface area contributed by atoms with Crippen molar-refractivity contribution in [3.63, 3.8) is 0 Å². The van der Waals surface area contributed by atoms with E-state index in [4.69, 9.17) is 11.6 Å². The summed E-state index contributed by atoms with van der Waals surface area (Å²) < 4.78 is 0.741. The standard InChI is InChI=1S/C13H17ClINO2/c14-7-3-1-2-4-8-16-13(18)10-5-6-11(15)12(17)9-10/h5-6,9,17H,1-4,7-8H2,(H,16,18). The maximum absolute atomic E-state index is 11.8. The Morgan fingerprint density at radius 2 is 2.00 bits per heavy atom. The van der Waals surface area contributed by atoms with Crippen molar-refractivity contribution in [1.82, 2.24) is 5.32 Å². The predicted molar refractivity (Wildman–Crippen MR) is 82.3 cm³/mol. The average molecular weight is 382 g/mol. The molecule has 0 saturated carbocycles. The van der Waals surface area contributed by atoms with Crippen LogP contribution in [-0.4, -0.2) is 23.4 Å². The number of unbranched alkanes of at least 4 members (excludes halogenated alkanes) is 3. The fourth-order valence-electron chi connectivity index (χ4n) is 1.53. The molecule has 0 spiro atoms. The molecular weight excluding hydrogens is 365 g/mol. The third-order valence-corrected chi connectivity index (χ3v) is 3.73. The smallest absolute Gasteiger partial charge is 0.251 e. The lowest BCUT2D eigenvalue weighted by molar-refractivity contribution is 0.0952. The molecule has 100 valence electrons. The fourth-order valence-corrected chi connectivity index (χ4v) is 2.06. The summed E-state index contributed by atoms with van der Waals surface area (Å²) in [5, 5.41) is 12.4. The summed E-state index contributed by atoms with van der Waals surface area (Å²) >= 11 is 7.60. The van der Waals surface area contributed by atoms with Crippen LogP contribution in [0.15, 0.2) is 18.2 Å². The second kappa shape index (κ2) is 8.58. The number of aromatic hydroxyl groups is 1. The van der Waals surface area contributed by atoms with Gasteiger partial charge in [0.25, 0.3) is 5.91 Å². The molecule has 1 rings (SSSR count). The van der Waals surface area contributed by atoms with Gasteiger partial charge in [-0.3, -0.25) is 4.79 Å². The van der Waals surface area contributed by atoms with E-state index in [1.807, 2.05) is 22.6 Å². The summed E-state index contributed by atoms with van der Waals surface area (Å²) in [5.41, 5.74) is 0.494. The average Bonchev–Trinajstić information content (AvgIpc) is 2.36. The molecule has 1 aromatic rings. The summed E-state index contributed by atoms with van der Waals surface area (Å²) in [6, 6.07) is 4.93. The van der Waals surface area contributed by atoms with Gasteiger partial charge in [-0.25, -0.2) is 0 Å². The van der Waals surface area contributed by atoms with E-state index in [1.165, 1.54) is 6.07 Å². The SMILES string of the molecule is O=C(NCCCCCCCl)c1ccc(I)c(O)c1. The molecular formula is C13H17ClINO2. The second-order valence-electron chi connectivity index (χ2n) is 4.03. The minimum Gasteiger partial charge on any atom is -0.507 e. The van der Waals surface area contributed by atoms with Crippen LogP contribution in [0.25, 0.3) is 0 Å². The van der Waals surface area contributed by atoms with Crippen molar-refractivity contribution in [2.24, 2.45) is 0 Å². The minimum atomic E-state index is -0.140. The lowest BCUT2D eigenvalue weighted by atomic mass is 10.2. The minimum absolute atomic E-state index is 0.140. The van der Waals surface area contributed by atoms with Crippen LogP contribution in [0.2, 0.25) is 0 Å². The van der Waals surface area contributed by atoms with Crippen LogP contribution in [-0.2, 0) is 0 Å². The highest BCUT2D eigenvalue weighted by Gasteiger charge is 2.07. The molecule has 2 N–H and O–H groups in total. The fraction of sp³-hybridized carbons (Fsp3) is 0.462. The topological polar surface area (TPSA) is 49.3 Å². The van der Waals surface area contributed by atoms with Gasteiger partial charge < -0.3 is 10.4 Å². The number of rotatable bonds is 7. The van der Waals surface area contributed by atoms with Gasteiger partial charge in [-0.1, -0.05) is 12.8 Å². The summed E-state index contributed by atoms with van der Waals surface area (Å²) in [4.78, 5) is 11.8. The highest BCUT2D eigenvalue weighted by molar-refractivity contribution is 14.1. The van der Waals surface area contributed by atoms with Gasteiger partial charge in [-0.05, 0) is 53.6 Å². The van der Waals surface area contributed by atoms with Crippen LogP contribution in [0.1, 0.15) is 36.0 Å². The van der Waals surface area contributed by atoms with Gasteiger partial charge in [0.05, 0.1) is 3.57 Å². The van der Waals surface area contributed by atoms with Crippen molar-refractivity contribution in [2.45, 2.75) is 25.7 Å². The molecule has 0 unspecified atom stereocenters. The molecule has 5 heteroatoms. The Labute approximate surface area is 126 Å².